The number of rotatable bonds is 6. The summed E-state index contributed by atoms with van der Waals surface area (Å²) >= 11 is 1.54. The highest BCUT2D eigenvalue weighted by Crippen LogP contribution is 2.28. The van der Waals surface area contributed by atoms with Gasteiger partial charge in [0.25, 0.3) is 0 Å². The monoisotopic (exact) mass is 351 g/mol. The van der Waals surface area contributed by atoms with E-state index >= 15 is 0 Å². The molecule has 1 aromatic heterocycles. The van der Waals surface area contributed by atoms with Crippen molar-refractivity contribution in [1.29, 1.82) is 0 Å². The van der Waals surface area contributed by atoms with Crippen molar-refractivity contribution in [2.24, 2.45) is 5.92 Å². The van der Waals surface area contributed by atoms with E-state index in [1.165, 1.54) is 6.42 Å². The van der Waals surface area contributed by atoms with Crippen molar-refractivity contribution < 1.29 is 9.59 Å². The molecule has 1 aliphatic heterocycles. The topological polar surface area (TPSA) is 91.0 Å². The first-order valence-electron chi connectivity index (χ1n) is 8.82. The maximum absolute atomic E-state index is 12.7. The number of carbonyl (C=O) groups excluding carboxylic acids is 2. The third kappa shape index (κ3) is 4.28. The number of carbonyl (C=O) groups is 2. The van der Waals surface area contributed by atoms with Crippen LogP contribution >= 0.6 is 11.8 Å². The molecule has 1 atom stereocenters. The van der Waals surface area contributed by atoms with Gasteiger partial charge in [0.1, 0.15) is 11.1 Å². The van der Waals surface area contributed by atoms with Gasteiger partial charge >= 0.3 is 0 Å². The highest BCUT2D eigenvalue weighted by atomic mass is 32.2. The number of likely N-dealkylation sites (tertiary alicyclic amines) is 1. The highest BCUT2D eigenvalue weighted by molar-refractivity contribution is 7.99. The molecule has 2 N–H and O–H groups in total. The summed E-state index contributed by atoms with van der Waals surface area (Å²) in [4.78, 5) is 27.0. The van der Waals surface area contributed by atoms with Gasteiger partial charge in [0.05, 0.1) is 6.20 Å². The molecule has 1 saturated carbocycles. The zero-order chi connectivity index (χ0) is 16.8. The fraction of sp³-hybridized carbons (Fsp3) is 0.750. The third-order valence-corrected chi connectivity index (χ3v) is 5.74. The van der Waals surface area contributed by atoms with Crippen LogP contribution in [0.15, 0.2) is 11.2 Å². The van der Waals surface area contributed by atoms with Crippen molar-refractivity contribution in [3.05, 3.63) is 6.20 Å². The molecule has 0 radical (unpaired) electrons. The van der Waals surface area contributed by atoms with Crippen LogP contribution in [-0.4, -0.2) is 57.0 Å². The molecule has 1 aliphatic carbocycles. The van der Waals surface area contributed by atoms with Crippen molar-refractivity contribution in [2.75, 3.05) is 18.8 Å². The first-order chi connectivity index (χ1) is 11.8. The highest BCUT2D eigenvalue weighted by Gasteiger charge is 2.37. The second kappa shape index (κ2) is 8.50. The minimum absolute atomic E-state index is 0.0163. The molecule has 132 valence electrons. The van der Waals surface area contributed by atoms with Gasteiger partial charge in [-0.3, -0.25) is 9.59 Å². The Bertz CT molecular complexity index is 545. The summed E-state index contributed by atoms with van der Waals surface area (Å²) in [6.45, 7) is 1.29. The van der Waals surface area contributed by atoms with E-state index in [0.717, 1.165) is 55.8 Å². The Balaban J connectivity index is 1.45. The van der Waals surface area contributed by atoms with Crippen LogP contribution in [-0.2, 0) is 9.59 Å². The van der Waals surface area contributed by atoms with Crippen molar-refractivity contribution in [2.45, 2.75) is 56.0 Å². The van der Waals surface area contributed by atoms with Crippen LogP contribution in [0.4, 0.5) is 0 Å². The van der Waals surface area contributed by atoms with E-state index in [2.05, 4.69) is 20.7 Å². The first kappa shape index (κ1) is 17.3. The Kier molecular flexibility index (Phi) is 6.12. The maximum Gasteiger partial charge on any atom is 0.242 e. The van der Waals surface area contributed by atoms with Gasteiger partial charge in [-0.2, -0.15) is 10.3 Å². The number of nitrogens with one attached hydrogen (secondary N) is 2. The van der Waals surface area contributed by atoms with E-state index in [9.17, 15) is 9.59 Å². The molecule has 24 heavy (non-hydrogen) atoms. The zero-order valence-corrected chi connectivity index (χ0v) is 14.7. The van der Waals surface area contributed by atoms with Crippen LogP contribution in [0.5, 0.6) is 0 Å². The molecule has 0 unspecified atom stereocenters. The summed E-state index contributed by atoms with van der Waals surface area (Å²) in [6, 6.07) is -0.281. The second-order valence-corrected chi connectivity index (χ2v) is 7.59. The SMILES string of the molecule is O=C(NCCSc1cn[nH]n1)[C@@H]1CCCN1C(=O)C1CCCCC1. The summed E-state index contributed by atoms with van der Waals surface area (Å²) in [6.07, 6.45) is 8.84. The molecule has 2 amide bonds. The number of aromatic nitrogens is 3. The van der Waals surface area contributed by atoms with E-state index in [0.29, 0.717) is 6.54 Å². The number of aromatic amines is 1. The molecule has 7 nitrogen and oxygen atoms in total. The lowest BCUT2D eigenvalue weighted by atomic mass is 9.88. The van der Waals surface area contributed by atoms with Crippen molar-refractivity contribution >= 4 is 23.6 Å². The van der Waals surface area contributed by atoms with Crippen molar-refractivity contribution in [3.63, 3.8) is 0 Å². The lowest BCUT2D eigenvalue weighted by Gasteiger charge is -2.30. The number of nitrogens with zero attached hydrogens (tertiary/aromatic N) is 3. The summed E-state index contributed by atoms with van der Waals surface area (Å²) in [5.74, 6) is 1.05. The largest absolute Gasteiger partial charge is 0.353 e. The van der Waals surface area contributed by atoms with E-state index in [1.54, 1.807) is 18.0 Å². The summed E-state index contributed by atoms with van der Waals surface area (Å²) in [5.41, 5.74) is 0. The smallest absolute Gasteiger partial charge is 0.242 e. The summed E-state index contributed by atoms with van der Waals surface area (Å²) in [5, 5.41) is 14.0. The van der Waals surface area contributed by atoms with E-state index in [1.807, 2.05) is 4.90 Å². The molecule has 1 saturated heterocycles. The lowest BCUT2D eigenvalue weighted by molar-refractivity contribution is -0.142. The number of amides is 2. The zero-order valence-electron chi connectivity index (χ0n) is 13.9. The molecule has 3 rings (SSSR count). The van der Waals surface area contributed by atoms with Gasteiger partial charge < -0.3 is 10.2 Å². The van der Waals surface area contributed by atoms with Crippen LogP contribution in [0.2, 0.25) is 0 Å². The van der Waals surface area contributed by atoms with Crippen LogP contribution in [0.25, 0.3) is 0 Å². The van der Waals surface area contributed by atoms with Gasteiger partial charge in [-0.15, -0.1) is 16.9 Å². The van der Waals surface area contributed by atoms with Crippen LogP contribution in [0, 0.1) is 5.92 Å². The lowest BCUT2D eigenvalue weighted by Crippen LogP contribution is -2.48. The predicted molar refractivity (Wildman–Crippen MR) is 91.4 cm³/mol. The van der Waals surface area contributed by atoms with Gasteiger partial charge in [-0.25, -0.2) is 0 Å². The Morgan fingerprint density at radius 1 is 1.25 bits per heavy atom. The summed E-state index contributed by atoms with van der Waals surface area (Å²) < 4.78 is 0. The average Bonchev–Trinajstić information content (AvgIpc) is 3.30. The van der Waals surface area contributed by atoms with Crippen molar-refractivity contribution in [1.82, 2.24) is 25.6 Å². The van der Waals surface area contributed by atoms with Gasteiger partial charge in [0.2, 0.25) is 11.8 Å². The minimum atomic E-state index is -0.281. The fourth-order valence-electron chi connectivity index (χ4n) is 3.60. The van der Waals surface area contributed by atoms with Gasteiger partial charge in [-0.05, 0) is 25.7 Å². The molecule has 0 aromatic carbocycles. The number of H-pyrrole nitrogens is 1. The van der Waals surface area contributed by atoms with E-state index < -0.39 is 0 Å². The predicted octanol–water partition coefficient (Wildman–Crippen LogP) is 1.58. The standard InChI is InChI=1S/C16H25N5O2S/c22-15(17-8-10-24-14-11-18-20-19-14)13-7-4-9-21(13)16(23)12-5-2-1-3-6-12/h11-13H,1-10H2,(H,17,22)(H,18,19,20)/t13-/m0/s1. The van der Waals surface area contributed by atoms with E-state index in [4.69, 9.17) is 0 Å². The fourth-order valence-corrected chi connectivity index (χ4v) is 4.24. The second-order valence-electron chi connectivity index (χ2n) is 6.47. The number of hydrogen-bond acceptors (Lipinski definition) is 5. The molecule has 0 bridgehead atoms. The Labute approximate surface area is 146 Å². The molecular formula is C16H25N5O2S. The van der Waals surface area contributed by atoms with Gasteiger partial charge in [-0.1, -0.05) is 19.3 Å². The van der Waals surface area contributed by atoms with Crippen LogP contribution in [0.3, 0.4) is 0 Å². The number of hydrogen-bond donors (Lipinski definition) is 2. The Morgan fingerprint density at radius 2 is 2.08 bits per heavy atom. The van der Waals surface area contributed by atoms with Gasteiger partial charge in [0.15, 0.2) is 0 Å². The normalized spacial score (nSPS) is 21.8. The maximum atomic E-state index is 12.7. The van der Waals surface area contributed by atoms with Crippen molar-refractivity contribution in [3.8, 4) is 0 Å². The Hall–Kier alpha value is -1.57. The average molecular weight is 351 g/mol. The number of thioether (sulfide) groups is 1. The minimum Gasteiger partial charge on any atom is -0.353 e. The third-order valence-electron chi connectivity index (χ3n) is 4.84. The molecule has 8 heteroatoms. The molecular weight excluding hydrogens is 326 g/mol. The summed E-state index contributed by atoms with van der Waals surface area (Å²) in [7, 11) is 0. The van der Waals surface area contributed by atoms with Crippen LogP contribution < -0.4 is 5.32 Å². The van der Waals surface area contributed by atoms with Gasteiger partial charge in [0, 0.05) is 24.8 Å². The van der Waals surface area contributed by atoms with E-state index in [-0.39, 0.29) is 23.8 Å². The quantitative estimate of drug-likeness (QED) is 0.600. The molecule has 2 heterocycles. The molecule has 0 spiro atoms. The molecule has 1 aromatic rings. The molecule has 2 aliphatic rings. The Morgan fingerprint density at radius 3 is 2.83 bits per heavy atom. The van der Waals surface area contributed by atoms with Crippen LogP contribution in [0.1, 0.15) is 44.9 Å². The first-order valence-corrected chi connectivity index (χ1v) is 9.81. The molecule has 2 fully saturated rings.